The summed E-state index contributed by atoms with van der Waals surface area (Å²) in [6, 6.07) is 13.0. The number of hydrogen-bond donors (Lipinski definition) is 3. The van der Waals surface area contributed by atoms with Crippen molar-refractivity contribution in [1.82, 2.24) is 5.32 Å². The number of para-hydroxylation sites is 2. The first-order valence-corrected chi connectivity index (χ1v) is 8.29. The van der Waals surface area contributed by atoms with Crippen molar-refractivity contribution in [2.75, 3.05) is 41.7 Å². The van der Waals surface area contributed by atoms with Crippen LogP contribution in [0.1, 0.15) is 0 Å². The molecule has 0 unspecified atom stereocenters. The third-order valence-corrected chi connectivity index (χ3v) is 3.96. The molecule has 26 heavy (non-hydrogen) atoms. The number of urea groups is 1. The molecule has 2 aromatic carbocycles. The molecular formula is C18H20F2N4O2. The number of amides is 2. The predicted molar refractivity (Wildman–Crippen MR) is 97.2 cm³/mol. The smallest absolute Gasteiger partial charge is 0.387 e. The summed E-state index contributed by atoms with van der Waals surface area (Å²) in [4.78, 5) is 14.4. The summed E-state index contributed by atoms with van der Waals surface area (Å²) in [6.07, 6.45) is 0. The summed E-state index contributed by atoms with van der Waals surface area (Å²) in [5, 5.41) is 8.49. The van der Waals surface area contributed by atoms with Crippen LogP contribution in [0.2, 0.25) is 0 Å². The molecule has 0 aliphatic carbocycles. The molecule has 138 valence electrons. The van der Waals surface area contributed by atoms with E-state index in [9.17, 15) is 13.6 Å². The monoisotopic (exact) mass is 362 g/mol. The van der Waals surface area contributed by atoms with E-state index in [-0.39, 0.29) is 11.4 Å². The molecule has 6 nitrogen and oxygen atoms in total. The average molecular weight is 362 g/mol. The van der Waals surface area contributed by atoms with Gasteiger partial charge in [-0.2, -0.15) is 8.78 Å². The standard InChI is InChI=1S/C18H20F2N4O2/c19-17(20)26-16-4-2-1-3-15(16)23-18(25)22-13-5-7-14(8-6-13)24-11-9-21-10-12-24/h1-8,17,21H,9-12H2,(H2,22,23,25). The highest BCUT2D eigenvalue weighted by atomic mass is 19.3. The third kappa shape index (κ3) is 4.82. The lowest BCUT2D eigenvalue weighted by Gasteiger charge is -2.29. The molecule has 0 atom stereocenters. The fraction of sp³-hybridized carbons (Fsp3) is 0.278. The number of rotatable bonds is 5. The third-order valence-electron chi connectivity index (χ3n) is 3.96. The molecule has 3 N–H and O–H groups in total. The zero-order valence-electron chi connectivity index (χ0n) is 14.0. The van der Waals surface area contributed by atoms with Gasteiger partial charge in [0.25, 0.3) is 0 Å². The van der Waals surface area contributed by atoms with E-state index in [0.29, 0.717) is 5.69 Å². The maximum Gasteiger partial charge on any atom is 0.387 e. The van der Waals surface area contributed by atoms with E-state index in [2.05, 4.69) is 25.6 Å². The van der Waals surface area contributed by atoms with Crippen molar-refractivity contribution in [3.05, 3.63) is 48.5 Å². The van der Waals surface area contributed by atoms with Crippen molar-refractivity contribution in [2.45, 2.75) is 6.61 Å². The van der Waals surface area contributed by atoms with Crippen LogP contribution in [0, 0.1) is 0 Å². The predicted octanol–water partition coefficient (Wildman–Crippen LogP) is 3.34. The second-order valence-electron chi connectivity index (χ2n) is 5.74. The maximum absolute atomic E-state index is 12.4. The fourth-order valence-corrected chi connectivity index (χ4v) is 2.73. The Morgan fingerprint density at radius 3 is 2.42 bits per heavy atom. The first kappa shape index (κ1) is 17.9. The lowest BCUT2D eigenvalue weighted by atomic mass is 10.2. The number of nitrogens with one attached hydrogen (secondary N) is 3. The first-order valence-electron chi connectivity index (χ1n) is 8.29. The molecule has 1 fully saturated rings. The van der Waals surface area contributed by atoms with E-state index >= 15 is 0 Å². The average Bonchev–Trinajstić information content (AvgIpc) is 2.64. The zero-order valence-corrected chi connectivity index (χ0v) is 14.0. The quantitative estimate of drug-likeness (QED) is 0.763. The highest BCUT2D eigenvalue weighted by Crippen LogP contribution is 2.26. The fourth-order valence-electron chi connectivity index (χ4n) is 2.73. The van der Waals surface area contributed by atoms with Gasteiger partial charge in [0.1, 0.15) is 5.75 Å². The number of anilines is 3. The van der Waals surface area contributed by atoms with Crippen LogP contribution in [0.15, 0.2) is 48.5 Å². The van der Waals surface area contributed by atoms with Gasteiger partial charge in [0.05, 0.1) is 5.69 Å². The Morgan fingerprint density at radius 2 is 1.73 bits per heavy atom. The van der Waals surface area contributed by atoms with Crippen molar-refractivity contribution in [1.29, 1.82) is 0 Å². The molecule has 0 saturated carbocycles. The number of piperazine rings is 1. The van der Waals surface area contributed by atoms with Crippen LogP contribution in [0.3, 0.4) is 0 Å². The zero-order chi connectivity index (χ0) is 18.4. The molecule has 1 saturated heterocycles. The van der Waals surface area contributed by atoms with Gasteiger partial charge in [-0.3, -0.25) is 0 Å². The SMILES string of the molecule is O=C(Nc1ccc(N2CCNCC2)cc1)Nc1ccccc1OC(F)F. The maximum atomic E-state index is 12.4. The van der Waals surface area contributed by atoms with Gasteiger partial charge in [-0.25, -0.2) is 4.79 Å². The lowest BCUT2D eigenvalue weighted by molar-refractivity contribution is -0.0493. The Bertz CT molecular complexity index is 734. The molecule has 2 aromatic rings. The number of halogens is 2. The summed E-state index contributed by atoms with van der Waals surface area (Å²) in [5.41, 5.74) is 1.87. The highest BCUT2D eigenvalue weighted by molar-refractivity contribution is 6.00. The van der Waals surface area contributed by atoms with Gasteiger partial charge in [0.2, 0.25) is 0 Å². The topological polar surface area (TPSA) is 65.6 Å². The number of carbonyl (C=O) groups excluding carboxylic acids is 1. The van der Waals surface area contributed by atoms with Crippen LogP contribution in [0.5, 0.6) is 5.75 Å². The van der Waals surface area contributed by atoms with Gasteiger partial charge in [-0.1, -0.05) is 12.1 Å². The van der Waals surface area contributed by atoms with E-state index in [1.54, 1.807) is 24.3 Å². The molecule has 0 bridgehead atoms. The molecule has 1 heterocycles. The lowest BCUT2D eigenvalue weighted by Crippen LogP contribution is -2.43. The molecule has 8 heteroatoms. The first-order chi connectivity index (χ1) is 12.6. The van der Waals surface area contributed by atoms with Crippen LogP contribution >= 0.6 is 0 Å². The van der Waals surface area contributed by atoms with Crippen molar-refractivity contribution in [2.24, 2.45) is 0 Å². The van der Waals surface area contributed by atoms with Gasteiger partial charge in [0, 0.05) is 37.6 Å². The number of carbonyl (C=O) groups is 1. The number of alkyl halides is 2. The molecule has 0 radical (unpaired) electrons. The van der Waals surface area contributed by atoms with Crippen molar-refractivity contribution < 1.29 is 18.3 Å². The molecule has 1 aliphatic rings. The summed E-state index contributed by atoms with van der Waals surface area (Å²) in [7, 11) is 0. The Kier molecular flexibility index (Phi) is 5.85. The van der Waals surface area contributed by atoms with Gasteiger partial charge in [-0.05, 0) is 36.4 Å². The van der Waals surface area contributed by atoms with E-state index in [4.69, 9.17) is 0 Å². The summed E-state index contributed by atoms with van der Waals surface area (Å²) in [5.74, 6) is -0.0910. The molecule has 2 amide bonds. The van der Waals surface area contributed by atoms with E-state index in [1.165, 1.54) is 12.1 Å². The summed E-state index contributed by atoms with van der Waals surface area (Å²) >= 11 is 0. The number of nitrogens with zero attached hydrogens (tertiary/aromatic N) is 1. The van der Waals surface area contributed by atoms with Gasteiger partial charge < -0.3 is 25.6 Å². The Morgan fingerprint density at radius 1 is 1.04 bits per heavy atom. The molecule has 3 rings (SSSR count). The Hall–Kier alpha value is -2.87. The number of hydrogen-bond acceptors (Lipinski definition) is 4. The second-order valence-corrected chi connectivity index (χ2v) is 5.74. The minimum Gasteiger partial charge on any atom is -0.433 e. The normalized spacial score (nSPS) is 14.2. The Balaban J connectivity index is 1.60. The summed E-state index contributed by atoms with van der Waals surface area (Å²) in [6.45, 7) is 0.812. The number of benzene rings is 2. The van der Waals surface area contributed by atoms with Crippen LogP contribution in [-0.4, -0.2) is 38.8 Å². The van der Waals surface area contributed by atoms with E-state index in [1.807, 2.05) is 12.1 Å². The molecule has 0 aromatic heterocycles. The molecule has 0 spiro atoms. The molecular weight excluding hydrogens is 342 g/mol. The van der Waals surface area contributed by atoms with Gasteiger partial charge in [-0.15, -0.1) is 0 Å². The van der Waals surface area contributed by atoms with Crippen LogP contribution < -0.4 is 25.6 Å². The van der Waals surface area contributed by atoms with Crippen molar-refractivity contribution >= 4 is 23.1 Å². The van der Waals surface area contributed by atoms with Crippen LogP contribution in [0.4, 0.5) is 30.6 Å². The van der Waals surface area contributed by atoms with Crippen molar-refractivity contribution in [3.8, 4) is 5.75 Å². The largest absolute Gasteiger partial charge is 0.433 e. The minimum absolute atomic E-state index is 0.0910. The minimum atomic E-state index is -2.96. The van der Waals surface area contributed by atoms with E-state index in [0.717, 1.165) is 31.9 Å². The van der Waals surface area contributed by atoms with Gasteiger partial charge in [0.15, 0.2) is 0 Å². The highest BCUT2D eigenvalue weighted by Gasteiger charge is 2.13. The van der Waals surface area contributed by atoms with Crippen molar-refractivity contribution in [3.63, 3.8) is 0 Å². The number of ether oxygens (including phenoxy) is 1. The summed E-state index contributed by atoms with van der Waals surface area (Å²) < 4.78 is 29.2. The Labute approximate surface area is 150 Å². The second kappa shape index (κ2) is 8.48. The van der Waals surface area contributed by atoms with Gasteiger partial charge >= 0.3 is 12.6 Å². The van der Waals surface area contributed by atoms with Crippen LogP contribution in [-0.2, 0) is 0 Å². The van der Waals surface area contributed by atoms with Crippen LogP contribution in [0.25, 0.3) is 0 Å². The van der Waals surface area contributed by atoms with E-state index < -0.39 is 12.6 Å². The molecule has 1 aliphatic heterocycles.